The predicted octanol–water partition coefficient (Wildman–Crippen LogP) is 2.70. The normalized spacial score (nSPS) is 15.2. The Hall–Kier alpha value is -3.39. The Morgan fingerprint density at radius 3 is 1.97 bits per heavy atom. The summed E-state index contributed by atoms with van der Waals surface area (Å²) in [6.07, 6.45) is 5.89. The van der Waals surface area contributed by atoms with Crippen LogP contribution < -0.4 is 35.7 Å². The first-order valence-corrected chi connectivity index (χ1v) is 9.87. The highest BCUT2D eigenvalue weighted by molar-refractivity contribution is 5.80. The third kappa shape index (κ3) is 6.55. The molecule has 0 aliphatic carbocycles. The van der Waals surface area contributed by atoms with E-state index in [1.54, 1.807) is 28.4 Å². The number of anilines is 1. The smallest absolute Gasteiger partial charge is 0.234 e. The Labute approximate surface area is 183 Å². The van der Waals surface area contributed by atoms with Crippen molar-refractivity contribution in [3.8, 4) is 23.0 Å². The number of benzene rings is 2. The third-order valence-corrected chi connectivity index (χ3v) is 4.81. The minimum Gasteiger partial charge on any atom is -0.495 e. The molecule has 0 saturated carbocycles. The molecule has 0 spiro atoms. The number of methoxy groups -OCH3 is 4. The van der Waals surface area contributed by atoms with Gasteiger partial charge < -0.3 is 35.7 Å². The molecule has 1 amide bonds. The van der Waals surface area contributed by atoms with Crippen LogP contribution in [0, 0.1) is 0 Å². The molecule has 1 atom stereocenters. The number of nitrogen functional groups attached to an aromatic ring is 1. The predicted molar refractivity (Wildman–Crippen MR) is 123 cm³/mol. The zero-order chi connectivity index (χ0) is 22.8. The molecule has 0 radical (unpaired) electrons. The van der Waals surface area contributed by atoms with Crippen molar-refractivity contribution in [1.29, 1.82) is 0 Å². The van der Waals surface area contributed by atoms with Crippen molar-refractivity contribution >= 4 is 23.7 Å². The molecule has 31 heavy (non-hydrogen) atoms. The maximum absolute atomic E-state index is 10.4. The summed E-state index contributed by atoms with van der Waals surface area (Å²) in [5.74, 6) is 2.24. The Kier molecular flexibility index (Phi) is 9.02. The van der Waals surface area contributed by atoms with Gasteiger partial charge in [-0.15, -0.1) is 0 Å². The maximum Gasteiger partial charge on any atom is 0.234 e. The number of hydrogen-bond acceptors (Lipinski definition) is 7. The monoisotopic (exact) mass is 429 g/mol. The topological polar surface area (TPSA) is 118 Å². The summed E-state index contributed by atoms with van der Waals surface area (Å²) in [7, 11) is 6.36. The highest BCUT2D eigenvalue weighted by Gasteiger charge is 2.18. The van der Waals surface area contributed by atoms with Gasteiger partial charge in [0.1, 0.15) is 5.75 Å². The minimum absolute atomic E-state index is 0.0463. The number of nitrogens with two attached hydrogens (primary N) is 2. The summed E-state index contributed by atoms with van der Waals surface area (Å²) in [5.41, 5.74) is 13.4. The molecule has 3 rings (SSSR count). The van der Waals surface area contributed by atoms with Gasteiger partial charge in [-0.25, -0.2) is 0 Å². The van der Waals surface area contributed by atoms with Crippen LogP contribution in [0.4, 0.5) is 5.69 Å². The van der Waals surface area contributed by atoms with Crippen LogP contribution in [0.1, 0.15) is 24.0 Å². The fourth-order valence-corrected chi connectivity index (χ4v) is 3.17. The third-order valence-electron chi connectivity index (χ3n) is 4.81. The van der Waals surface area contributed by atoms with Gasteiger partial charge in [0.25, 0.3) is 0 Å². The van der Waals surface area contributed by atoms with Crippen LogP contribution in [-0.2, 0) is 4.79 Å². The van der Waals surface area contributed by atoms with E-state index in [0.29, 0.717) is 28.7 Å². The van der Waals surface area contributed by atoms with Gasteiger partial charge in [-0.2, -0.15) is 0 Å². The summed E-state index contributed by atoms with van der Waals surface area (Å²) in [5, 5.41) is 2.98. The van der Waals surface area contributed by atoms with Crippen molar-refractivity contribution in [3.05, 3.63) is 41.5 Å². The van der Waals surface area contributed by atoms with Crippen LogP contribution >= 0.6 is 0 Å². The van der Waals surface area contributed by atoms with Crippen molar-refractivity contribution in [3.63, 3.8) is 0 Å². The molecular weight excluding hydrogens is 398 g/mol. The Morgan fingerprint density at radius 1 is 0.935 bits per heavy atom. The van der Waals surface area contributed by atoms with Crippen molar-refractivity contribution in [1.82, 2.24) is 5.32 Å². The van der Waals surface area contributed by atoms with Crippen molar-refractivity contribution in [2.24, 2.45) is 5.73 Å². The molecule has 5 N–H and O–H groups in total. The molecule has 1 aliphatic heterocycles. The van der Waals surface area contributed by atoms with E-state index in [9.17, 15) is 4.79 Å². The van der Waals surface area contributed by atoms with Crippen molar-refractivity contribution < 1.29 is 23.7 Å². The molecule has 168 valence electrons. The van der Waals surface area contributed by atoms with Gasteiger partial charge in [-0.1, -0.05) is 18.2 Å². The SMILES string of the molecule is COc1ccc(C=Cc2cc(OC)c(OC)c(OC)c2)cc1N.NC(=O)[C@@H]1CCCN1. The van der Waals surface area contributed by atoms with Crippen LogP contribution in [0.3, 0.4) is 0 Å². The molecule has 0 unspecified atom stereocenters. The van der Waals surface area contributed by atoms with E-state index in [0.717, 1.165) is 30.5 Å². The molecule has 8 nitrogen and oxygen atoms in total. The molecule has 2 aromatic rings. The molecule has 8 heteroatoms. The highest BCUT2D eigenvalue weighted by atomic mass is 16.5. The first kappa shape index (κ1) is 23.9. The second-order valence-electron chi connectivity index (χ2n) is 6.84. The molecular formula is C23H31N3O5. The van der Waals surface area contributed by atoms with E-state index in [4.69, 9.17) is 30.4 Å². The molecule has 0 aromatic heterocycles. The number of rotatable bonds is 7. The van der Waals surface area contributed by atoms with Crippen LogP contribution in [0.2, 0.25) is 0 Å². The Balaban J connectivity index is 0.000000357. The van der Waals surface area contributed by atoms with Crippen LogP contribution in [-0.4, -0.2) is 46.9 Å². The van der Waals surface area contributed by atoms with Gasteiger partial charge in [-0.3, -0.25) is 4.79 Å². The summed E-state index contributed by atoms with van der Waals surface area (Å²) in [6.45, 7) is 0.938. The second-order valence-corrected chi connectivity index (χ2v) is 6.84. The van der Waals surface area contributed by atoms with Crippen LogP contribution in [0.5, 0.6) is 23.0 Å². The first-order valence-electron chi connectivity index (χ1n) is 9.87. The van der Waals surface area contributed by atoms with E-state index in [1.165, 1.54) is 0 Å². The van der Waals surface area contributed by atoms with E-state index in [-0.39, 0.29) is 11.9 Å². The average Bonchev–Trinajstić information content (AvgIpc) is 3.33. The quantitative estimate of drug-likeness (QED) is 0.457. The molecule has 0 bridgehead atoms. The first-order chi connectivity index (χ1) is 14.9. The summed E-state index contributed by atoms with van der Waals surface area (Å²) in [4.78, 5) is 10.4. The molecule has 1 saturated heterocycles. The van der Waals surface area contributed by atoms with Gasteiger partial charge in [0.15, 0.2) is 11.5 Å². The van der Waals surface area contributed by atoms with Crippen molar-refractivity contribution in [2.75, 3.05) is 40.7 Å². The number of primary amides is 1. The Bertz CT molecular complexity index is 883. The lowest BCUT2D eigenvalue weighted by Gasteiger charge is -2.12. The van der Waals surface area contributed by atoms with Crippen LogP contribution in [0.25, 0.3) is 12.2 Å². The number of amides is 1. The van der Waals surface area contributed by atoms with E-state index in [1.807, 2.05) is 42.5 Å². The number of carbonyl (C=O) groups excluding carboxylic acids is 1. The van der Waals surface area contributed by atoms with E-state index < -0.39 is 0 Å². The number of ether oxygens (including phenoxy) is 4. The summed E-state index contributed by atoms with van der Waals surface area (Å²) in [6, 6.07) is 9.34. The number of hydrogen-bond donors (Lipinski definition) is 3. The molecule has 2 aromatic carbocycles. The van der Waals surface area contributed by atoms with Gasteiger partial charge in [0, 0.05) is 0 Å². The summed E-state index contributed by atoms with van der Waals surface area (Å²) < 4.78 is 21.2. The number of nitrogens with one attached hydrogen (secondary N) is 1. The minimum atomic E-state index is -0.220. The van der Waals surface area contributed by atoms with E-state index in [2.05, 4.69) is 5.32 Å². The van der Waals surface area contributed by atoms with Gasteiger partial charge in [-0.05, 0) is 54.8 Å². The van der Waals surface area contributed by atoms with Crippen molar-refractivity contribution in [2.45, 2.75) is 18.9 Å². The van der Waals surface area contributed by atoms with Crippen LogP contribution in [0.15, 0.2) is 30.3 Å². The zero-order valence-electron chi connectivity index (χ0n) is 18.4. The lowest BCUT2D eigenvalue weighted by Crippen LogP contribution is -2.36. The lowest BCUT2D eigenvalue weighted by atomic mass is 10.1. The zero-order valence-corrected chi connectivity index (χ0v) is 18.4. The second kappa shape index (κ2) is 11.7. The fraction of sp³-hybridized carbons (Fsp3) is 0.348. The van der Waals surface area contributed by atoms with Gasteiger partial charge >= 0.3 is 0 Å². The number of carbonyl (C=O) groups is 1. The molecule has 1 fully saturated rings. The fourth-order valence-electron chi connectivity index (χ4n) is 3.17. The summed E-state index contributed by atoms with van der Waals surface area (Å²) >= 11 is 0. The molecule has 1 heterocycles. The Morgan fingerprint density at radius 2 is 1.55 bits per heavy atom. The highest BCUT2D eigenvalue weighted by Crippen LogP contribution is 2.38. The van der Waals surface area contributed by atoms with Gasteiger partial charge in [0.05, 0.1) is 40.2 Å². The largest absolute Gasteiger partial charge is 0.495 e. The average molecular weight is 430 g/mol. The van der Waals surface area contributed by atoms with Gasteiger partial charge in [0.2, 0.25) is 11.7 Å². The standard InChI is InChI=1S/C18H21NO4.C5H10N2O/c1-20-15-8-7-12(9-14(15)19)5-6-13-10-16(21-2)18(23-4)17(11-13)22-3;6-5(8)4-2-1-3-7-4/h5-11H,19H2,1-4H3;4,7H,1-3H2,(H2,6,8)/t;4-/m.0/s1. The van der Waals surface area contributed by atoms with E-state index >= 15 is 0 Å². The maximum atomic E-state index is 10.4. The molecule has 1 aliphatic rings. The lowest BCUT2D eigenvalue weighted by molar-refractivity contribution is -0.119.